The van der Waals surface area contributed by atoms with Crippen LogP contribution in [-0.2, 0) is 4.79 Å². The molecule has 170 valence electrons. The van der Waals surface area contributed by atoms with Gasteiger partial charge in [-0.05, 0) is 35.9 Å². The fourth-order valence-corrected chi connectivity index (χ4v) is 3.85. The molecule has 2 aromatic carbocycles. The maximum Gasteiger partial charge on any atom is 0.229 e. The Bertz CT molecular complexity index is 1360. The van der Waals surface area contributed by atoms with Crippen LogP contribution in [0, 0.1) is 34.3 Å². The number of methoxy groups -OCH3 is 1. The molecular weight excluding hydrogens is 440 g/mol. The van der Waals surface area contributed by atoms with Crippen LogP contribution >= 0.6 is 0 Å². The summed E-state index contributed by atoms with van der Waals surface area (Å²) >= 11 is 0. The molecule has 0 spiro atoms. The number of nitrogens with one attached hydrogen (secondary N) is 1. The number of ether oxygens (including phenoxy) is 1. The van der Waals surface area contributed by atoms with Gasteiger partial charge in [-0.3, -0.25) is 9.69 Å². The van der Waals surface area contributed by atoms with E-state index in [1.54, 1.807) is 12.1 Å². The third kappa shape index (κ3) is 4.29. The number of nitriles is 2. The van der Waals surface area contributed by atoms with Crippen LogP contribution in [0.25, 0.3) is 22.4 Å². The van der Waals surface area contributed by atoms with Gasteiger partial charge in [0.05, 0.1) is 30.0 Å². The van der Waals surface area contributed by atoms with Crippen LogP contribution in [0.1, 0.15) is 17.5 Å². The van der Waals surface area contributed by atoms with Crippen molar-refractivity contribution in [3.63, 3.8) is 0 Å². The molecule has 0 radical (unpaired) electrons. The number of anilines is 1. The second-order valence-electron chi connectivity index (χ2n) is 7.56. The molecular formula is C25H19F2N5O2. The molecule has 1 aliphatic heterocycles. The van der Waals surface area contributed by atoms with Gasteiger partial charge in [0, 0.05) is 37.2 Å². The molecule has 1 fully saturated rings. The SMILES string of the molecule is COc1ccc(-c2c(C#N)cc(N3CCNCCC3=O)nc2-c2ccc(C#N)c(F)c2)cc1F. The zero-order valence-corrected chi connectivity index (χ0v) is 18.2. The van der Waals surface area contributed by atoms with Gasteiger partial charge in [-0.1, -0.05) is 12.1 Å². The van der Waals surface area contributed by atoms with Gasteiger partial charge in [0.1, 0.15) is 17.7 Å². The van der Waals surface area contributed by atoms with Crippen molar-refractivity contribution in [2.45, 2.75) is 6.42 Å². The summed E-state index contributed by atoms with van der Waals surface area (Å²) in [7, 11) is 1.34. The molecule has 1 amide bonds. The monoisotopic (exact) mass is 459 g/mol. The van der Waals surface area contributed by atoms with E-state index in [-0.39, 0.29) is 51.8 Å². The van der Waals surface area contributed by atoms with E-state index < -0.39 is 11.6 Å². The summed E-state index contributed by atoms with van der Waals surface area (Å²) in [6, 6.07) is 13.5. The lowest BCUT2D eigenvalue weighted by Gasteiger charge is -2.22. The van der Waals surface area contributed by atoms with Crippen LogP contribution in [0.15, 0.2) is 42.5 Å². The van der Waals surface area contributed by atoms with Gasteiger partial charge in [0.25, 0.3) is 0 Å². The fourth-order valence-electron chi connectivity index (χ4n) is 3.85. The van der Waals surface area contributed by atoms with E-state index in [9.17, 15) is 18.8 Å². The van der Waals surface area contributed by atoms with Crippen molar-refractivity contribution >= 4 is 11.7 Å². The van der Waals surface area contributed by atoms with Crippen molar-refractivity contribution in [1.82, 2.24) is 10.3 Å². The van der Waals surface area contributed by atoms with Gasteiger partial charge >= 0.3 is 0 Å². The van der Waals surface area contributed by atoms with Crippen molar-refractivity contribution in [2.75, 3.05) is 31.6 Å². The number of amides is 1. The number of halogens is 2. The predicted octanol–water partition coefficient (Wildman–Crippen LogP) is 3.77. The topological polar surface area (TPSA) is 102 Å². The molecule has 4 rings (SSSR count). The summed E-state index contributed by atoms with van der Waals surface area (Å²) in [5.74, 6) is -1.30. The Morgan fingerprint density at radius 2 is 1.74 bits per heavy atom. The van der Waals surface area contributed by atoms with Gasteiger partial charge in [0.2, 0.25) is 5.91 Å². The fraction of sp³-hybridized carbons (Fsp3) is 0.200. The summed E-state index contributed by atoms with van der Waals surface area (Å²) in [5, 5.41) is 22.2. The van der Waals surface area contributed by atoms with Crippen molar-refractivity contribution in [3.05, 3.63) is 65.2 Å². The molecule has 9 heteroatoms. The Morgan fingerprint density at radius 3 is 2.41 bits per heavy atom. The molecule has 0 bridgehead atoms. The zero-order chi connectivity index (χ0) is 24.2. The minimum atomic E-state index is -0.757. The average molecular weight is 459 g/mol. The molecule has 7 nitrogen and oxygen atoms in total. The maximum absolute atomic E-state index is 14.6. The Labute approximate surface area is 194 Å². The first-order valence-electron chi connectivity index (χ1n) is 10.5. The highest BCUT2D eigenvalue weighted by molar-refractivity contribution is 5.95. The van der Waals surface area contributed by atoms with Crippen LogP contribution in [0.4, 0.5) is 14.6 Å². The minimum absolute atomic E-state index is 0.0282. The van der Waals surface area contributed by atoms with Gasteiger partial charge in [-0.15, -0.1) is 0 Å². The molecule has 0 saturated carbocycles. The lowest BCUT2D eigenvalue weighted by Crippen LogP contribution is -2.33. The van der Waals surface area contributed by atoms with E-state index in [1.807, 2.05) is 0 Å². The van der Waals surface area contributed by atoms with Crippen LogP contribution in [0.3, 0.4) is 0 Å². The highest BCUT2D eigenvalue weighted by Gasteiger charge is 2.24. The summed E-state index contributed by atoms with van der Waals surface area (Å²) in [5.41, 5.74) is 1.06. The molecule has 1 aliphatic rings. The lowest BCUT2D eigenvalue weighted by molar-refractivity contribution is -0.118. The third-order valence-corrected chi connectivity index (χ3v) is 5.54. The first-order chi connectivity index (χ1) is 16.5. The highest BCUT2D eigenvalue weighted by atomic mass is 19.1. The van der Waals surface area contributed by atoms with E-state index in [0.29, 0.717) is 25.2 Å². The second-order valence-corrected chi connectivity index (χ2v) is 7.56. The molecule has 2 heterocycles. The van der Waals surface area contributed by atoms with E-state index in [2.05, 4.69) is 16.4 Å². The Balaban J connectivity index is 1.99. The van der Waals surface area contributed by atoms with Crippen molar-refractivity contribution in [1.29, 1.82) is 10.5 Å². The number of carbonyl (C=O) groups is 1. The number of rotatable bonds is 4. The predicted molar refractivity (Wildman–Crippen MR) is 121 cm³/mol. The summed E-state index contributed by atoms with van der Waals surface area (Å²) in [6.45, 7) is 1.41. The Morgan fingerprint density at radius 1 is 1.00 bits per heavy atom. The smallest absolute Gasteiger partial charge is 0.229 e. The average Bonchev–Trinajstić information content (AvgIpc) is 3.07. The highest BCUT2D eigenvalue weighted by Crippen LogP contribution is 2.38. The number of carbonyl (C=O) groups excluding carboxylic acids is 1. The first kappa shape index (κ1) is 22.8. The van der Waals surface area contributed by atoms with Gasteiger partial charge in [-0.2, -0.15) is 10.5 Å². The first-order valence-corrected chi connectivity index (χ1v) is 10.5. The molecule has 34 heavy (non-hydrogen) atoms. The minimum Gasteiger partial charge on any atom is -0.494 e. The largest absolute Gasteiger partial charge is 0.494 e. The molecule has 1 aromatic heterocycles. The van der Waals surface area contributed by atoms with E-state index in [0.717, 1.165) is 6.07 Å². The van der Waals surface area contributed by atoms with Gasteiger partial charge in [-0.25, -0.2) is 13.8 Å². The summed E-state index contributed by atoms with van der Waals surface area (Å²) in [6.07, 6.45) is 0.260. The summed E-state index contributed by atoms with van der Waals surface area (Å²) in [4.78, 5) is 18.8. The lowest BCUT2D eigenvalue weighted by atomic mass is 9.94. The van der Waals surface area contributed by atoms with Crippen molar-refractivity contribution in [3.8, 4) is 40.3 Å². The van der Waals surface area contributed by atoms with E-state index in [4.69, 9.17) is 10.00 Å². The quantitative estimate of drug-likeness (QED) is 0.637. The number of benzene rings is 2. The number of hydrogen-bond acceptors (Lipinski definition) is 6. The van der Waals surface area contributed by atoms with Crippen molar-refractivity contribution < 1.29 is 18.3 Å². The standard InChI is InChI=1S/C25H19F2N5O2/c1-34-21-5-4-15(10-20(21)27)24-18(14-29)12-22(32-9-8-30-7-6-23(32)33)31-25(24)16-2-3-17(13-28)19(26)11-16/h2-5,10-12,30H,6-9H2,1H3. The molecule has 1 saturated heterocycles. The second kappa shape index (κ2) is 9.65. The zero-order valence-electron chi connectivity index (χ0n) is 18.2. The number of hydrogen-bond donors (Lipinski definition) is 1. The van der Waals surface area contributed by atoms with Gasteiger partial charge in [0.15, 0.2) is 11.6 Å². The Hall–Kier alpha value is -4.34. The number of nitrogens with zero attached hydrogens (tertiary/aromatic N) is 4. The Kier molecular flexibility index (Phi) is 6.48. The number of aromatic nitrogens is 1. The van der Waals surface area contributed by atoms with E-state index >= 15 is 0 Å². The van der Waals surface area contributed by atoms with Crippen LogP contribution < -0.4 is 15.0 Å². The van der Waals surface area contributed by atoms with Crippen molar-refractivity contribution in [2.24, 2.45) is 0 Å². The molecule has 1 N–H and O–H groups in total. The van der Waals surface area contributed by atoms with E-state index in [1.165, 1.54) is 42.3 Å². The molecule has 0 aliphatic carbocycles. The molecule has 3 aromatic rings. The normalized spacial score (nSPS) is 13.7. The van der Waals surface area contributed by atoms with Crippen LogP contribution in [0.2, 0.25) is 0 Å². The third-order valence-electron chi connectivity index (χ3n) is 5.54. The molecule has 0 atom stereocenters. The summed E-state index contributed by atoms with van der Waals surface area (Å²) < 4.78 is 34.1. The number of pyridine rings is 1. The maximum atomic E-state index is 14.6. The van der Waals surface area contributed by atoms with Gasteiger partial charge < -0.3 is 10.1 Å². The van der Waals surface area contributed by atoms with Crippen LogP contribution in [-0.4, -0.2) is 37.6 Å². The molecule has 0 unspecified atom stereocenters. The van der Waals surface area contributed by atoms with Crippen LogP contribution in [0.5, 0.6) is 5.75 Å².